The molecule has 0 spiro atoms. The highest BCUT2D eigenvalue weighted by Gasteiger charge is 1.95. The summed E-state index contributed by atoms with van der Waals surface area (Å²) < 4.78 is 0. The van der Waals surface area contributed by atoms with Gasteiger partial charge in [0.1, 0.15) is 0 Å². The van der Waals surface area contributed by atoms with Crippen LogP contribution in [0.3, 0.4) is 0 Å². The van der Waals surface area contributed by atoms with Crippen LogP contribution in [-0.4, -0.2) is 22.2 Å². The molecule has 4 nitrogen and oxygen atoms in total. The van der Waals surface area contributed by atoms with Crippen LogP contribution in [0.1, 0.15) is 33.3 Å². The number of hydrogen-bond donors (Lipinski definition) is 3. The van der Waals surface area contributed by atoms with Gasteiger partial charge in [0.15, 0.2) is 0 Å². The molecule has 0 aliphatic rings. The maximum absolute atomic E-state index is 3.94. The summed E-state index contributed by atoms with van der Waals surface area (Å²) in [4.78, 5) is 3.15. The molecule has 0 saturated heterocycles. The molecule has 134 valence electrons. The van der Waals surface area contributed by atoms with E-state index in [9.17, 15) is 0 Å². The van der Waals surface area contributed by atoms with Gasteiger partial charge < -0.3 is 10.3 Å². The van der Waals surface area contributed by atoms with Gasteiger partial charge in [0.05, 0.1) is 11.7 Å². The number of benzene rings is 2. The first-order valence-corrected chi connectivity index (χ1v) is 8.91. The lowest BCUT2D eigenvalue weighted by atomic mass is 10.2. The second-order valence-electron chi connectivity index (χ2n) is 4.94. The fourth-order valence-corrected chi connectivity index (χ4v) is 2.32. The molecule has 0 bridgehead atoms. The van der Waals surface area contributed by atoms with Crippen molar-refractivity contribution >= 4 is 27.5 Å². The third-order valence-electron chi connectivity index (χ3n) is 3.55. The molecule has 0 saturated carbocycles. The van der Waals surface area contributed by atoms with Crippen molar-refractivity contribution in [3.05, 3.63) is 60.4 Å². The summed E-state index contributed by atoms with van der Waals surface area (Å²) in [5, 5.41) is 12.4. The minimum Gasteiger partial charge on any atom is -0.388 e. The second-order valence-corrected chi connectivity index (χ2v) is 4.94. The molecule has 0 amide bonds. The molecule has 2 aromatic heterocycles. The molecule has 2 aromatic carbocycles. The van der Waals surface area contributed by atoms with Crippen LogP contribution in [0.25, 0.3) is 21.8 Å². The van der Waals surface area contributed by atoms with Gasteiger partial charge in [-0.05, 0) is 42.1 Å². The molecule has 0 atom stereocenters. The molecular formula is C21H30N4. The molecule has 0 radical (unpaired) electrons. The van der Waals surface area contributed by atoms with Crippen molar-refractivity contribution in [3.63, 3.8) is 0 Å². The molecular weight excluding hydrogens is 308 g/mol. The summed E-state index contributed by atoms with van der Waals surface area (Å²) in [6.07, 6.45) is 3.80. The Balaban J connectivity index is 0.000000210. The lowest BCUT2D eigenvalue weighted by Crippen LogP contribution is -1.85. The van der Waals surface area contributed by atoms with E-state index < -0.39 is 0 Å². The largest absolute Gasteiger partial charge is 0.388 e. The van der Waals surface area contributed by atoms with Gasteiger partial charge in [-0.15, -0.1) is 0 Å². The smallest absolute Gasteiger partial charge is 0.0652 e. The van der Waals surface area contributed by atoms with Crippen LogP contribution >= 0.6 is 0 Å². The zero-order valence-corrected chi connectivity index (χ0v) is 16.1. The van der Waals surface area contributed by atoms with Gasteiger partial charge in [-0.2, -0.15) is 5.10 Å². The molecule has 0 fully saturated rings. The number of rotatable bonds is 1. The Morgan fingerprint density at radius 1 is 0.920 bits per heavy atom. The summed E-state index contributed by atoms with van der Waals surface area (Å²) in [7, 11) is 1.92. The first kappa shape index (κ1) is 20.3. The fraction of sp³-hybridized carbons (Fsp3) is 0.286. The van der Waals surface area contributed by atoms with E-state index in [1.54, 1.807) is 0 Å². The Morgan fingerprint density at radius 3 is 2.36 bits per heavy atom. The van der Waals surface area contributed by atoms with Gasteiger partial charge >= 0.3 is 0 Å². The maximum atomic E-state index is 3.94. The quantitative estimate of drug-likeness (QED) is 0.391. The van der Waals surface area contributed by atoms with Crippen LogP contribution in [0.5, 0.6) is 0 Å². The number of aromatic nitrogens is 3. The van der Waals surface area contributed by atoms with E-state index in [0.717, 1.165) is 11.2 Å². The number of anilines is 1. The van der Waals surface area contributed by atoms with E-state index in [1.165, 1.54) is 21.9 Å². The van der Waals surface area contributed by atoms with E-state index in [4.69, 9.17) is 0 Å². The molecule has 4 heteroatoms. The van der Waals surface area contributed by atoms with Gasteiger partial charge in [-0.3, -0.25) is 5.10 Å². The third-order valence-corrected chi connectivity index (χ3v) is 3.55. The van der Waals surface area contributed by atoms with E-state index in [0.29, 0.717) is 0 Å². The lowest BCUT2D eigenvalue weighted by molar-refractivity contribution is 1.12. The van der Waals surface area contributed by atoms with E-state index in [1.807, 2.05) is 59.3 Å². The average Bonchev–Trinajstić information content (AvgIpc) is 3.34. The number of aryl methyl sites for hydroxylation is 1. The SMILES string of the molecule is CC.CC.CNc1ccc2cc[nH]c2c1.Cc1cccc2[nH]ncc12. The molecule has 2 heterocycles. The van der Waals surface area contributed by atoms with Gasteiger partial charge in [0, 0.05) is 29.8 Å². The van der Waals surface area contributed by atoms with Crippen molar-refractivity contribution in [1.29, 1.82) is 0 Å². The van der Waals surface area contributed by atoms with E-state index >= 15 is 0 Å². The van der Waals surface area contributed by atoms with Gasteiger partial charge in [-0.1, -0.05) is 45.9 Å². The standard InChI is InChI=1S/C9H10N2.C8H8N2.2C2H6/c1-10-8-3-2-7-4-5-11-9(7)6-8;1-6-3-2-4-8-7(6)5-9-10-8;2*1-2/h2-6,10-11H,1H3;2-5H,1H3,(H,9,10);2*1-2H3. The highest BCUT2D eigenvalue weighted by molar-refractivity contribution is 5.82. The zero-order chi connectivity index (χ0) is 18.7. The number of aromatic amines is 2. The lowest BCUT2D eigenvalue weighted by Gasteiger charge is -1.97. The monoisotopic (exact) mass is 338 g/mol. The Labute approximate surface area is 150 Å². The summed E-state index contributed by atoms with van der Waals surface area (Å²) in [5.74, 6) is 0. The normalized spacial score (nSPS) is 9.20. The average molecular weight is 338 g/mol. The molecule has 0 aliphatic carbocycles. The highest BCUT2D eigenvalue weighted by atomic mass is 15.1. The second kappa shape index (κ2) is 10.9. The van der Waals surface area contributed by atoms with Crippen molar-refractivity contribution in [2.45, 2.75) is 34.6 Å². The minimum atomic E-state index is 1.11. The fourth-order valence-electron chi connectivity index (χ4n) is 2.32. The molecule has 4 rings (SSSR count). The topological polar surface area (TPSA) is 56.5 Å². The molecule has 4 aromatic rings. The Bertz CT molecular complexity index is 858. The zero-order valence-electron chi connectivity index (χ0n) is 16.1. The molecule has 25 heavy (non-hydrogen) atoms. The van der Waals surface area contributed by atoms with Crippen molar-refractivity contribution in [1.82, 2.24) is 15.2 Å². The van der Waals surface area contributed by atoms with Crippen LogP contribution < -0.4 is 5.32 Å². The van der Waals surface area contributed by atoms with Crippen molar-refractivity contribution in [2.75, 3.05) is 12.4 Å². The molecule has 3 N–H and O–H groups in total. The molecule has 0 unspecified atom stereocenters. The van der Waals surface area contributed by atoms with E-state index in [-0.39, 0.29) is 0 Å². The van der Waals surface area contributed by atoms with Crippen molar-refractivity contribution in [2.24, 2.45) is 0 Å². The van der Waals surface area contributed by atoms with Crippen molar-refractivity contribution < 1.29 is 0 Å². The first-order chi connectivity index (χ1) is 12.3. The van der Waals surface area contributed by atoms with Crippen LogP contribution in [-0.2, 0) is 0 Å². The first-order valence-electron chi connectivity index (χ1n) is 8.91. The number of nitrogens with one attached hydrogen (secondary N) is 3. The molecule has 0 aliphatic heterocycles. The Hall–Kier alpha value is -2.75. The Kier molecular flexibility index (Phi) is 8.86. The third kappa shape index (κ3) is 5.38. The highest BCUT2D eigenvalue weighted by Crippen LogP contribution is 2.16. The summed E-state index contributed by atoms with van der Waals surface area (Å²) >= 11 is 0. The Morgan fingerprint density at radius 2 is 1.68 bits per heavy atom. The van der Waals surface area contributed by atoms with Crippen LogP contribution in [0, 0.1) is 6.92 Å². The maximum Gasteiger partial charge on any atom is 0.0652 e. The predicted octanol–water partition coefficient (Wildman–Crippen LogP) is 6.13. The number of nitrogens with zero attached hydrogens (tertiary/aromatic N) is 1. The van der Waals surface area contributed by atoms with Gasteiger partial charge in [-0.25, -0.2) is 0 Å². The van der Waals surface area contributed by atoms with Crippen LogP contribution in [0.2, 0.25) is 0 Å². The van der Waals surface area contributed by atoms with E-state index in [2.05, 4.69) is 57.8 Å². The number of H-pyrrole nitrogens is 2. The van der Waals surface area contributed by atoms with Gasteiger partial charge in [0.2, 0.25) is 0 Å². The minimum absolute atomic E-state index is 1.11. The van der Waals surface area contributed by atoms with Crippen LogP contribution in [0.15, 0.2) is 54.9 Å². The number of hydrogen-bond acceptors (Lipinski definition) is 2. The van der Waals surface area contributed by atoms with Gasteiger partial charge in [0.25, 0.3) is 0 Å². The summed E-state index contributed by atoms with van der Waals surface area (Å²) in [6, 6.07) is 14.4. The van der Waals surface area contributed by atoms with Crippen LogP contribution in [0.4, 0.5) is 5.69 Å². The predicted molar refractivity (Wildman–Crippen MR) is 111 cm³/mol. The van der Waals surface area contributed by atoms with Crippen molar-refractivity contribution in [3.8, 4) is 0 Å². The summed E-state index contributed by atoms with van der Waals surface area (Å²) in [6.45, 7) is 10.1. The summed E-state index contributed by atoms with van der Waals surface area (Å²) in [5.41, 5.74) is 4.70. The number of fused-ring (bicyclic) bond motifs is 2.